The zero-order valence-electron chi connectivity index (χ0n) is 16.2. The lowest BCUT2D eigenvalue weighted by atomic mass is 10.5. The second-order valence-electron chi connectivity index (χ2n) is 5.69. The van der Waals surface area contributed by atoms with E-state index in [2.05, 4.69) is 111 Å². The Hall–Kier alpha value is 4.08. The molecule has 186 valence electrons. The first-order valence-electron chi connectivity index (χ1n) is 8.80. The summed E-state index contributed by atoms with van der Waals surface area (Å²) in [6, 6.07) is 0. The molecule has 0 nitrogen and oxygen atoms in total. The van der Waals surface area contributed by atoms with Crippen molar-refractivity contribution in [2.75, 3.05) is 57.5 Å². The Balaban J connectivity index is -0.000000417. The van der Waals surface area contributed by atoms with Crippen LogP contribution < -0.4 is 0 Å². The third-order valence-electron chi connectivity index (χ3n) is 3.37. The Labute approximate surface area is 245 Å². The number of hydrogen-bond donors (Lipinski definition) is 4. The maximum Gasteiger partial charge on any atom is 0.131 e. The van der Waals surface area contributed by atoms with Gasteiger partial charge >= 0.3 is 0 Å². The van der Waals surface area contributed by atoms with Gasteiger partial charge in [-0.05, 0) is 36.9 Å². The summed E-state index contributed by atoms with van der Waals surface area (Å²) in [5.41, 5.74) is 0. The number of rotatable bonds is 9. The molecule has 30 heavy (non-hydrogen) atoms. The number of alkyl halides is 2. The van der Waals surface area contributed by atoms with Crippen LogP contribution in [0.1, 0.15) is 28.7 Å². The van der Waals surface area contributed by atoms with Gasteiger partial charge in [-0.3, -0.25) is 0 Å². The molecular weight excluding hydrogens is 608 g/mol. The summed E-state index contributed by atoms with van der Waals surface area (Å²) in [7, 11) is 0. The summed E-state index contributed by atoms with van der Waals surface area (Å²) in [5.74, 6) is 11.0. The predicted octanol–water partition coefficient (Wildman–Crippen LogP) is 8.94. The average molecular weight is 648 g/mol. The third kappa shape index (κ3) is 16.7. The Morgan fingerprint density at radius 1 is 0.700 bits per heavy atom. The van der Waals surface area contributed by atoms with E-state index in [0.29, 0.717) is 8.66 Å². The van der Waals surface area contributed by atoms with Gasteiger partial charge in [-0.1, -0.05) is 14.9 Å². The maximum atomic E-state index is 5.75. The number of hydrogen-bond acceptors (Lipinski definition) is 10. The van der Waals surface area contributed by atoms with Gasteiger partial charge in [0.2, 0.25) is 0 Å². The van der Waals surface area contributed by atoms with E-state index in [4.69, 9.17) is 23.2 Å². The highest BCUT2D eigenvalue weighted by molar-refractivity contribution is 8.26. The van der Waals surface area contributed by atoms with Gasteiger partial charge in [0.05, 0.1) is 12.7 Å². The molecule has 12 heteroatoms. The predicted molar refractivity (Wildman–Crippen MR) is 180 cm³/mol. The molecule has 0 aliphatic carbocycles. The lowest BCUT2D eigenvalue weighted by Crippen LogP contribution is -2.26. The number of halogens is 2. The largest absolute Gasteiger partial charge is 0.179 e. The molecule has 0 radical (unpaired) electrons. The zero-order valence-corrected chi connectivity index (χ0v) is 26.2. The quantitative estimate of drug-likeness (QED) is 0.111. The summed E-state index contributed by atoms with van der Waals surface area (Å²) in [6.45, 7) is 4.50. The van der Waals surface area contributed by atoms with Gasteiger partial charge in [-0.15, -0.1) is 93.8 Å². The number of thiol groups is 4. The molecule has 0 aromatic carbocycles. The second kappa shape index (κ2) is 23.5. The monoisotopic (exact) mass is 646 g/mol. The molecule has 0 unspecified atom stereocenters. The first-order chi connectivity index (χ1) is 13.3. The lowest BCUT2D eigenvalue weighted by molar-refractivity contribution is 0.994. The molecule has 2 heterocycles. The van der Waals surface area contributed by atoms with Crippen molar-refractivity contribution in [3.8, 4) is 0 Å². The fourth-order valence-electron chi connectivity index (χ4n) is 1.99. The molecule has 0 atom stereocenters. The van der Waals surface area contributed by atoms with Crippen molar-refractivity contribution in [2.45, 2.75) is 46.3 Å². The SMILES string of the molecule is C.C.CC1(C(Cl)Cl)SCCS1.CC1(C(SCCS)SCCS)SCCS1.SCCS. The fraction of sp³-hybridized carbons (Fsp3) is 1.00. The van der Waals surface area contributed by atoms with E-state index in [1.54, 1.807) is 0 Å². The Bertz CT molecular complexity index is 355. The van der Waals surface area contributed by atoms with Crippen LogP contribution in [-0.4, -0.2) is 75.1 Å². The molecule has 0 aromatic rings. The minimum absolute atomic E-state index is 0. The van der Waals surface area contributed by atoms with Crippen LogP contribution in [0, 0.1) is 0 Å². The summed E-state index contributed by atoms with van der Waals surface area (Å²) in [5, 5.41) is 0. The highest BCUT2D eigenvalue weighted by atomic mass is 35.5. The minimum atomic E-state index is -0.241. The summed E-state index contributed by atoms with van der Waals surface area (Å²) in [4.78, 5) is -0.241. The number of thioether (sulfide) groups is 6. The zero-order chi connectivity index (χ0) is 21.5. The molecule has 0 aromatic heterocycles. The van der Waals surface area contributed by atoms with Crippen LogP contribution in [0.15, 0.2) is 0 Å². The van der Waals surface area contributed by atoms with Crippen LogP contribution in [-0.2, 0) is 0 Å². The minimum Gasteiger partial charge on any atom is -0.179 e. The van der Waals surface area contributed by atoms with Gasteiger partial charge in [0.15, 0.2) is 0 Å². The van der Waals surface area contributed by atoms with E-state index in [9.17, 15) is 0 Å². The van der Waals surface area contributed by atoms with Crippen molar-refractivity contribution < 1.29 is 0 Å². The molecule has 0 bridgehead atoms. The summed E-state index contributed by atoms with van der Waals surface area (Å²) < 4.78 is 1.15. The first kappa shape index (κ1) is 38.6. The summed E-state index contributed by atoms with van der Waals surface area (Å²) >= 11 is 39.9. The van der Waals surface area contributed by atoms with Crippen LogP contribution >= 0.6 is 144 Å². The Morgan fingerprint density at radius 2 is 1.03 bits per heavy atom. The molecular formula is C18H40Cl2S10. The molecule has 0 saturated carbocycles. The van der Waals surface area contributed by atoms with Crippen LogP contribution in [0.25, 0.3) is 0 Å². The van der Waals surface area contributed by atoms with Crippen molar-refractivity contribution in [1.82, 2.24) is 0 Å². The van der Waals surface area contributed by atoms with Gasteiger partial charge < -0.3 is 0 Å². The normalized spacial score (nSPS) is 18.6. The van der Waals surface area contributed by atoms with E-state index < -0.39 is 0 Å². The van der Waals surface area contributed by atoms with E-state index in [1.165, 1.54) is 23.0 Å². The van der Waals surface area contributed by atoms with Gasteiger partial charge in [0.1, 0.15) is 4.84 Å². The molecule has 2 aliphatic heterocycles. The molecule has 0 N–H and O–H groups in total. The van der Waals surface area contributed by atoms with Crippen molar-refractivity contribution in [1.29, 1.82) is 0 Å². The fourth-order valence-corrected chi connectivity index (χ4v) is 12.4. The van der Waals surface area contributed by atoms with Crippen molar-refractivity contribution in [2.24, 2.45) is 0 Å². The molecule has 0 amide bonds. The third-order valence-corrected chi connectivity index (χ3v) is 17.3. The van der Waals surface area contributed by atoms with Gasteiger partial charge in [-0.2, -0.15) is 50.5 Å². The molecule has 2 saturated heterocycles. The Morgan fingerprint density at radius 3 is 1.27 bits per heavy atom. The van der Waals surface area contributed by atoms with Crippen LogP contribution in [0.3, 0.4) is 0 Å². The highest BCUT2D eigenvalue weighted by Crippen LogP contribution is 2.53. The standard InChI is InChI=1S/C9H18S6.C5H8Cl2S2.C2H6S2.2CH4/c1-9(14-6-7-15-9)8(12-4-2-10)13-5-3-11;1-5(4(6)7)8-2-3-9-5;3-1-2-4;;/h8,10-11H,2-7H2,1H3;4H,2-3H2,1H3;3-4H,1-2H2;2*1H4. The molecule has 0 spiro atoms. The average Bonchev–Trinajstić information content (AvgIpc) is 3.32. The van der Waals surface area contributed by atoms with E-state index in [-0.39, 0.29) is 23.8 Å². The lowest BCUT2D eigenvalue weighted by Gasteiger charge is -2.31. The van der Waals surface area contributed by atoms with Crippen molar-refractivity contribution >= 4 is 144 Å². The molecule has 2 aliphatic rings. The van der Waals surface area contributed by atoms with Crippen LogP contribution in [0.4, 0.5) is 0 Å². The van der Waals surface area contributed by atoms with Gasteiger partial charge in [0.25, 0.3) is 0 Å². The highest BCUT2D eigenvalue weighted by Gasteiger charge is 2.39. The van der Waals surface area contributed by atoms with E-state index in [0.717, 1.165) is 34.5 Å². The second-order valence-corrected chi connectivity index (χ2v) is 18.0. The summed E-state index contributed by atoms with van der Waals surface area (Å²) in [6.07, 6.45) is 0. The van der Waals surface area contributed by atoms with E-state index >= 15 is 0 Å². The van der Waals surface area contributed by atoms with Crippen molar-refractivity contribution in [3.63, 3.8) is 0 Å². The topological polar surface area (TPSA) is 0 Å². The van der Waals surface area contributed by atoms with E-state index in [1.807, 2.05) is 23.5 Å². The van der Waals surface area contributed by atoms with Crippen molar-refractivity contribution in [3.05, 3.63) is 0 Å². The Kier molecular flexibility index (Phi) is 30.2. The van der Waals surface area contributed by atoms with Crippen LogP contribution in [0.5, 0.6) is 0 Å². The van der Waals surface area contributed by atoms with Gasteiger partial charge in [-0.25, -0.2) is 0 Å². The first-order valence-corrected chi connectivity index (χ1v) is 18.2. The maximum absolute atomic E-state index is 5.75. The van der Waals surface area contributed by atoms with Gasteiger partial charge in [0, 0.05) is 34.5 Å². The molecule has 2 fully saturated rings. The smallest absolute Gasteiger partial charge is 0.131 e. The molecule has 2 rings (SSSR count). The van der Waals surface area contributed by atoms with Crippen LogP contribution in [0.2, 0.25) is 0 Å².